The number of benzene rings is 2. The van der Waals surface area contributed by atoms with Crippen molar-refractivity contribution in [1.82, 2.24) is 0 Å². The lowest BCUT2D eigenvalue weighted by molar-refractivity contribution is 0.00578. The Bertz CT molecular complexity index is 844. The van der Waals surface area contributed by atoms with Crippen molar-refractivity contribution in [2.24, 2.45) is 0 Å². The molecule has 1 aliphatic rings. The standard InChI is InChI=1S/C23H27BO2/c1-16-14-17(2)21(18(3)15-16)13-10-19-8-11-20(12-9-19)24-25-22(4,5)23(6,7)26-24/h8-9,11-12,14-15H,1-7H3. The van der Waals surface area contributed by atoms with Gasteiger partial charge in [0.05, 0.1) is 11.2 Å². The number of hydrogen-bond acceptors (Lipinski definition) is 2. The van der Waals surface area contributed by atoms with Crippen LogP contribution < -0.4 is 5.46 Å². The van der Waals surface area contributed by atoms with Gasteiger partial charge in [0.25, 0.3) is 0 Å². The van der Waals surface area contributed by atoms with Crippen LogP contribution in [0.2, 0.25) is 0 Å². The molecule has 1 aliphatic heterocycles. The largest absolute Gasteiger partial charge is 0.494 e. The molecule has 3 heteroatoms. The van der Waals surface area contributed by atoms with Crippen LogP contribution in [0.25, 0.3) is 0 Å². The third-order valence-corrected chi connectivity index (χ3v) is 5.44. The van der Waals surface area contributed by atoms with Crippen LogP contribution in [-0.2, 0) is 9.31 Å². The molecule has 0 atom stereocenters. The second kappa shape index (κ2) is 6.61. The number of rotatable bonds is 1. The van der Waals surface area contributed by atoms with Gasteiger partial charge in [0.2, 0.25) is 0 Å². The van der Waals surface area contributed by atoms with Crippen LogP contribution in [0.4, 0.5) is 0 Å². The summed E-state index contributed by atoms with van der Waals surface area (Å²) < 4.78 is 12.2. The molecule has 2 aromatic rings. The van der Waals surface area contributed by atoms with Crippen molar-refractivity contribution >= 4 is 12.6 Å². The molecule has 0 aromatic heterocycles. The fourth-order valence-corrected chi connectivity index (χ4v) is 3.21. The van der Waals surface area contributed by atoms with E-state index in [9.17, 15) is 0 Å². The van der Waals surface area contributed by atoms with Crippen molar-refractivity contribution in [1.29, 1.82) is 0 Å². The van der Waals surface area contributed by atoms with Gasteiger partial charge in [-0.25, -0.2) is 0 Å². The molecule has 0 spiro atoms. The quantitative estimate of drug-likeness (QED) is 0.566. The van der Waals surface area contributed by atoms with E-state index < -0.39 is 0 Å². The Balaban J connectivity index is 1.81. The Morgan fingerprint density at radius 3 is 1.77 bits per heavy atom. The van der Waals surface area contributed by atoms with Crippen molar-refractivity contribution in [3.05, 3.63) is 64.2 Å². The highest BCUT2D eigenvalue weighted by Gasteiger charge is 2.51. The van der Waals surface area contributed by atoms with Gasteiger partial charge in [0.1, 0.15) is 0 Å². The molecule has 0 N–H and O–H groups in total. The van der Waals surface area contributed by atoms with E-state index in [0.29, 0.717) is 0 Å². The first kappa shape index (κ1) is 18.8. The van der Waals surface area contributed by atoms with Crippen molar-refractivity contribution in [2.75, 3.05) is 0 Å². The minimum Gasteiger partial charge on any atom is -0.399 e. The van der Waals surface area contributed by atoms with Crippen LogP contribution in [0.15, 0.2) is 36.4 Å². The summed E-state index contributed by atoms with van der Waals surface area (Å²) >= 11 is 0. The second-order valence-electron chi connectivity index (χ2n) is 8.23. The molecule has 2 aromatic carbocycles. The molecule has 2 nitrogen and oxygen atoms in total. The topological polar surface area (TPSA) is 18.5 Å². The fourth-order valence-electron chi connectivity index (χ4n) is 3.21. The highest BCUT2D eigenvalue weighted by atomic mass is 16.7. The van der Waals surface area contributed by atoms with E-state index in [1.165, 1.54) is 16.7 Å². The Morgan fingerprint density at radius 1 is 0.769 bits per heavy atom. The van der Waals surface area contributed by atoms with Crippen LogP contribution in [0.3, 0.4) is 0 Å². The maximum absolute atomic E-state index is 6.10. The van der Waals surface area contributed by atoms with Gasteiger partial charge < -0.3 is 9.31 Å². The zero-order chi connectivity index (χ0) is 19.1. The van der Waals surface area contributed by atoms with Gasteiger partial charge in [-0.1, -0.05) is 41.7 Å². The monoisotopic (exact) mass is 346 g/mol. The summed E-state index contributed by atoms with van der Waals surface area (Å²) in [4.78, 5) is 0. The molecule has 134 valence electrons. The summed E-state index contributed by atoms with van der Waals surface area (Å²) in [5.41, 5.74) is 6.21. The molecular formula is C23H27BO2. The SMILES string of the molecule is Cc1cc(C)c(C#Cc2ccc(B3OC(C)(C)C(C)(C)O3)cc2)c(C)c1. The first-order valence-electron chi connectivity index (χ1n) is 9.14. The van der Waals surface area contributed by atoms with E-state index in [1.807, 2.05) is 24.3 Å². The fraction of sp³-hybridized carbons (Fsp3) is 0.391. The summed E-state index contributed by atoms with van der Waals surface area (Å²) in [6.07, 6.45) is 0. The maximum Gasteiger partial charge on any atom is 0.494 e. The van der Waals surface area contributed by atoms with Gasteiger partial charge in [-0.2, -0.15) is 0 Å². The maximum atomic E-state index is 6.10. The molecule has 3 rings (SSSR count). The summed E-state index contributed by atoms with van der Waals surface area (Å²) in [6, 6.07) is 12.5. The molecule has 0 aliphatic carbocycles. The Labute approximate surface area is 158 Å². The molecule has 1 fully saturated rings. The summed E-state index contributed by atoms with van der Waals surface area (Å²) in [7, 11) is -0.330. The second-order valence-corrected chi connectivity index (χ2v) is 8.23. The minimum absolute atomic E-state index is 0.323. The van der Waals surface area contributed by atoms with E-state index in [-0.39, 0.29) is 18.3 Å². The average molecular weight is 346 g/mol. The van der Waals surface area contributed by atoms with Crippen LogP contribution in [0.1, 0.15) is 55.5 Å². The average Bonchev–Trinajstić information content (AvgIpc) is 2.75. The molecule has 1 saturated heterocycles. The number of hydrogen-bond donors (Lipinski definition) is 0. The Morgan fingerprint density at radius 2 is 1.27 bits per heavy atom. The molecule has 0 radical (unpaired) electrons. The smallest absolute Gasteiger partial charge is 0.399 e. The van der Waals surface area contributed by atoms with Crippen LogP contribution >= 0.6 is 0 Å². The molecule has 0 bridgehead atoms. The molecule has 0 saturated carbocycles. The summed E-state index contributed by atoms with van der Waals surface area (Å²) in [5.74, 6) is 6.61. The normalized spacial score (nSPS) is 17.7. The van der Waals surface area contributed by atoms with E-state index in [2.05, 4.69) is 72.4 Å². The third-order valence-electron chi connectivity index (χ3n) is 5.44. The van der Waals surface area contributed by atoms with E-state index >= 15 is 0 Å². The van der Waals surface area contributed by atoms with Gasteiger partial charge in [-0.05, 0) is 77.2 Å². The molecular weight excluding hydrogens is 319 g/mol. The highest BCUT2D eigenvalue weighted by Crippen LogP contribution is 2.36. The van der Waals surface area contributed by atoms with Crippen LogP contribution in [0.5, 0.6) is 0 Å². The first-order valence-corrected chi connectivity index (χ1v) is 9.14. The lowest BCUT2D eigenvalue weighted by atomic mass is 9.79. The van der Waals surface area contributed by atoms with Crippen LogP contribution in [0, 0.1) is 32.6 Å². The molecule has 1 heterocycles. The highest BCUT2D eigenvalue weighted by molar-refractivity contribution is 6.62. The lowest BCUT2D eigenvalue weighted by Crippen LogP contribution is -2.41. The minimum atomic E-state index is -0.330. The van der Waals surface area contributed by atoms with Crippen molar-refractivity contribution in [3.8, 4) is 11.8 Å². The van der Waals surface area contributed by atoms with Gasteiger partial charge in [-0.15, -0.1) is 0 Å². The van der Waals surface area contributed by atoms with Crippen LogP contribution in [-0.4, -0.2) is 18.3 Å². The zero-order valence-corrected chi connectivity index (χ0v) is 16.9. The molecule has 0 unspecified atom stereocenters. The van der Waals surface area contributed by atoms with E-state index in [1.54, 1.807) is 0 Å². The zero-order valence-electron chi connectivity index (χ0n) is 16.9. The lowest BCUT2D eigenvalue weighted by Gasteiger charge is -2.32. The predicted molar refractivity (Wildman–Crippen MR) is 109 cm³/mol. The van der Waals surface area contributed by atoms with E-state index in [4.69, 9.17) is 9.31 Å². The summed E-state index contributed by atoms with van der Waals surface area (Å²) in [5, 5.41) is 0. The Kier molecular flexibility index (Phi) is 4.77. The van der Waals surface area contributed by atoms with Gasteiger partial charge in [0, 0.05) is 11.1 Å². The summed E-state index contributed by atoms with van der Waals surface area (Å²) in [6.45, 7) is 14.6. The van der Waals surface area contributed by atoms with Gasteiger partial charge in [0.15, 0.2) is 0 Å². The van der Waals surface area contributed by atoms with Gasteiger partial charge >= 0.3 is 7.12 Å². The Hall–Kier alpha value is -2.02. The van der Waals surface area contributed by atoms with Gasteiger partial charge in [-0.3, -0.25) is 0 Å². The van der Waals surface area contributed by atoms with Crippen molar-refractivity contribution in [3.63, 3.8) is 0 Å². The van der Waals surface area contributed by atoms with E-state index in [0.717, 1.165) is 16.6 Å². The number of aryl methyl sites for hydroxylation is 3. The first-order chi connectivity index (χ1) is 12.1. The van der Waals surface area contributed by atoms with Crippen molar-refractivity contribution < 1.29 is 9.31 Å². The molecule has 0 amide bonds. The molecule has 26 heavy (non-hydrogen) atoms. The van der Waals surface area contributed by atoms with Crippen molar-refractivity contribution in [2.45, 2.75) is 59.7 Å². The third kappa shape index (κ3) is 3.58. The predicted octanol–water partition coefficient (Wildman–Crippen LogP) is 4.31.